The van der Waals surface area contributed by atoms with Gasteiger partial charge in [-0.3, -0.25) is 19.3 Å². The highest BCUT2D eigenvalue weighted by molar-refractivity contribution is 9.09. The van der Waals surface area contributed by atoms with E-state index >= 15 is 0 Å². The molecule has 9 nitrogen and oxygen atoms in total. The number of aliphatic hydroxyl groups excluding tert-OH is 1. The van der Waals surface area contributed by atoms with Crippen LogP contribution in [-0.2, 0) is 23.9 Å². The summed E-state index contributed by atoms with van der Waals surface area (Å²) in [7, 11) is 0. The molecule has 0 aliphatic carbocycles. The number of aliphatic hydroxyl groups is 1. The van der Waals surface area contributed by atoms with Gasteiger partial charge < -0.3 is 24.4 Å². The summed E-state index contributed by atoms with van der Waals surface area (Å²) in [6, 6.07) is -1.28. The normalized spacial score (nSPS) is 33.2. The number of amides is 2. The van der Waals surface area contributed by atoms with E-state index in [0.717, 1.165) is 13.1 Å². The third kappa shape index (κ3) is 5.33. The Balaban J connectivity index is 1.66. The van der Waals surface area contributed by atoms with Crippen molar-refractivity contribution in [1.29, 1.82) is 0 Å². The lowest BCUT2D eigenvalue weighted by molar-refractivity contribution is -0.154. The summed E-state index contributed by atoms with van der Waals surface area (Å²) in [5.41, 5.74) is 0. The number of halogens is 1. The monoisotopic (exact) mass is 613 g/mol. The molecule has 3 unspecified atom stereocenters. The summed E-state index contributed by atoms with van der Waals surface area (Å²) in [6.45, 7) is 14.0. The minimum Gasteiger partial charge on any atom is -0.465 e. The summed E-state index contributed by atoms with van der Waals surface area (Å²) < 4.78 is 10.3. The van der Waals surface area contributed by atoms with Gasteiger partial charge in [0.25, 0.3) is 0 Å². The molecule has 0 aromatic rings. The quantitative estimate of drug-likeness (QED) is 0.145. The van der Waals surface area contributed by atoms with E-state index in [9.17, 15) is 19.5 Å². The van der Waals surface area contributed by atoms with Crippen LogP contribution in [0.4, 0.5) is 0 Å². The van der Waals surface area contributed by atoms with Gasteiger partial charge in [-0.1, -0.05) is 35.0 Å². The van der Waals surface area contributed by atoms with Gasteiger partial charge in [-0.05, 0) is 19.3 Å². The fourth-order valence-electron chi connectivity index (χ4n) is 6.47. The van der Waals surface area contributed by atoms with E-state index in [1.54, 1.807) is 33.7 Å². The number of nitrogens with zero attached hydrogens (tertiary/aromatic N) is 3. The topological polar surface area (TPSA) is 99.6 Å². The minimum absolute atomic E-state index is 0.0286. The number of carbonyl (C=O) groups is 3. The van der Waals surface area contributed by atoms with Crippen molar-refractivity contribution in [3.63, 3.8) is 0 Å². The summed E-state index contributed by atoms with van der Waals surface area (Å²) in [5.74, 6) is -2.07. The average molecular weight is 615 g/mol. The standard InChI is InChI=1S/C27H40BrN3O6S/c1-4-7-13-37-26(35)20-21-24(33)31(18(6-3)17-32)23(27(21)16-19(28)22(20)38-27)25(34)30(8-5-2)10-9-29-11-14-36-15-12-29/h4-5,18-23,32H,1-2,6-17H2,3H3/t18-,19?,20+,21-,22+,23?,27?/m0/s1. The molecule has 7 atom stereocenters. The Morgan fingerprint density at radius 2 is 2.08 bits per heavy atom. The van der Waals surface area contributed by atoms with Gasteiger partial charge in [-0.15, -0.1) is 24.9 Å². The second kappa shape index (κ2) is 12.8. The Bertz CT molecular complexity index is 913. The molecule has 4 aliphatic heterocycles. The Morgan fingerprint density at radius 1 is 1.34 bits per heavy atom. The molecule has 0 radical (unpaired) electrons. The first-order valence-electron chi connectivity index (χ1n) is 13.6. The predicted molar refractivity (Wildman–Crippen MR) is 150 cm³/mol. The molecule has 4 rings (SSSR count). The van der Waals surface area contributed by atoms with E-state index in [2.05, 4.69) is 34.0 Å². The Labute approximate surface area is 238 Å². The van der Waals surface area contributed by atoms with Gasteiger partial charge in [0.2, 0.25) is 11.8 Å². The molecule has 0 saturated carbocycles. The van der Waals surface area contributed by atoms with E-state index in [0.29, 0.717) is 52.1 Å². The van der Waals surface area contributed by atoms with E-state index in [1.165, 1.54) is 0 Å². The van der Waals surface area contributed by atoms with E-state index < -0.39 is 34.6 Å². The number of likely N-dealkylation sites (tertiary alicyclic amines) is 1. The first-order chi connectivity index (χ1) is 18.3. The zero-order valence-electron chi connectivity index (χ0n) is 22.1. The molecule has 38 heavy (non-hydrogen) atoms. The lowest BCUT2D eigenvalue weighted by atomic mass is 9.71. The van der Waals surface area contributed by atoms with Crippen molar-refractivity contribution in [2.45, 2.75) is 53.1 Å². The fraction of sp³-hybridized carbons (Fsp3) is 0.741. The second-order valence-corrected chi connectivity index (χ2v) is 13.1. The number of thioether (sulfide) groups is 1. The van der Waals surface area contributed by atoms with E-state index in [-0.39, 0.29) is 35.1 Å². The first kappa shape index (κ1) is 29.6. The van der Waals surface area contributed by atoms with Gasteiger partial charge in [0.05, 0.1) is 49.1 Å². The van der Waals surface area contributed by atoms with Gasteiger partial charge in [0.1, 0.15) is 6.04 Å². The number of fused-ring (bicyclic) bond motifs is 1. The number of esters is 1. The molecule has 0 aromatic heterocycles. The van der Waals surface area contributed by atoms with Crippen molar-refractivity contribution in [2.75, 3.05) is 59.2 Å². The van der Waals surface area contributed by atoms with Crippen LogP contribution in [0, 0.1) is 11.8 Å². The molecule has 2 bridgehead atoms. The van der Waals surface area contributed by atoms with Crippen LogP contribution in [0.15, 0.2) is 25.3 Å². The summed E-state index contributed by atoms with van der Waals surface area (Å²) in [6.07, 6.45) is 5.03. The molecule has 2 amide bonds. The maximum Gasteiger partial charge on any atom is 0.310 e. The van der Waals surface area contributed by atoms with Crippen LogP contribution < -0.4 is 0 Å². The Morgan fingerprint density at radius 3 is 2.71 bits per heavy atom. The van der Waals surface area contributed by atoms with Crippen LogP contribution in [0.5, 0.6) is 0 Å². The molecule has 1 N–H and O–H groups in total. The largest absolute Gasteiger partial charge is 0.465 e. The molecule has 0 aromatic carbocycles. The zero-order valence-corrected chi connectivity index (χ0v) is 24.5. The van der Waals surface area contributed by atoms with Gasteiger partial charge >= 0.3 is 5.97 Å². The molecule has 4 aliphatic rings. The lowest BCUT2D eigenvalue weighted by Crippen LogP contribution is -2.58. The highest BCUT2D eigenvalue weighted by atomic mass is 79.9. The van der Waals surface area contributed by atoms with Gasteiger partial charge in [0.15, 0.2) is 0 Å². The number of ether oxygens (including phenoxy) is 2. The van der Waals surface area contributed by atoms with E-state index in [4.69, 9.17) is 9.47 Å². The van der Waals surface area contributed by atoms with Crippen molar-refractivity contribution in [2.24, 2.45) is 11.8 Å². The third-order valence-electron chi connectivity index (χ3n) is 8.33. The van der Waals surface area contributed by atoms with Crippen molar-refractivity contribution in [3.8, 4) is 0 Å². The SMILES string of the molecule is C=CCCOC(=O)[C@H]1[C@@H]2SC3(CC2Br)C(C(=O)N(CC=C)CCN2CCOCC2)N([C@@H](CC)CO)C(=O)[C@H]13. The summed E-state index contributed by atoms with van der Waals surface area (Å²) in [4.78, 5) is 47.5. The van der Waals surface area contributed by atoms with Crippen molar-refractivity contribution >= 4 is 45.5 Å². The third-order valence-corrected chi connectivity index (χ3v) is 11.5. The van der Waals surface area contributed by atoms with Crippen molar-refractivity contribution in [1.82, 2.24) is 14.7 Å². The number of hydrogen-bond donors (Lipinski definition) is 1. The lowest BCUT2D eigenvalue weighted by Gasteiger charge is -2.40. The number of alkyl halides is 1. The number of carbonyl (C=O) groups excluding carboxylic acids is 3. The highest BCUT2D eigenvalue weighted by Gasteiger charge is 2.76. The highest BCUT2D eigenvalue weighted by Crippen LogP contribution is 2.68. The summed E-state index contributed by atoms with van der Waals surface area (Å²) in [5, 5.41) is 10.1. The molecule has 212 valence electrons. The molecular weight excluding hydrogens is 574 g/mol. The first-order valence-corrected chi connectivity index (χ1v) is 15.4. The second-order valence-electron chi connectivity index (χ2n) is 10.4. The smallest absolute Gasteiger partial charge is 0.310 e. The minimum atomic E-state index is -0.775. The van der Waals surface area contributed by atoms with Crippen molar-refractivity contribution in [3.05, 3.63) is 25.3 Å². The fourth-order valence-corrected chi connectivity index (χ4v) is 10.1. The number of rotatable bonds is 13. The van der Waals surface area contributed by atoms with Crippen LogP contribution in [0.3, 0.4) is 0 Å². The predicted octanol–water partition coefficient (Wildman–Crippen LogP) is 1.69. The average Bonchev–Trinajstić information content (AvgIpc) is 3.51. The zero-order chi connectivity index (χ0) is 27.4. The Kier molecular flexibility index (Phi) is 10.00. The molecule has 1 spiro atoms. The maximum absolute atomic E-state index is 14.4. The molecule has 11 heteroatoms. The number of hydrogen-bond acceptors (Lipinski definition) is 8. The van der Waals surface area contributed by atoms with Crippen molar-refractivity contribution < 1.29 is 29.0 Å². The maximum atomic E-state index is 14.4. The number of morpholine rings is 1. The molecular formula is C27H40BrN3O6S. The molecule has 4 heterocycles. The molecule has 4 fully saturated rings. The van der Waals surface area contributed by atoms with Gasteiger partial charge in [0, 0.05) is 42.8 Å². The van der Waals surface area contributed by atoms with Crippen LogP contribution >= 0.6 is 27.7 Å². The van der Waals surface area contributed by atoms with Crippen LogP contribution in [0.25, 0.3) is 0 Å². The van der Waals surface area contributed by atoms with Gasteiger partial charge in [-0.25, -0.2) is 0 Å². The molecule has 4 saturated heterocycles. The van der Waals surface area contributed by atoms with Gasteiger partial charge in [-0.2, -0.15) is 0 Å². The Hall–Kier alpha value is -1.40. The van der Waals surface area contributed by atoms with E-state index in [1.807, 2.05) is 6.92 Å². The van der Waals surface area contributed by atoms with Crippen LogP contribution in [0.1, 0.15) is 26.2 Å². The van der Waals surface area contributed by atoms with Crippen LogP contribution in [-0.4, -0.2) is 124 Å². The van der Waals surface area contributed by atoms with Crippen LogP contribution in [0.2, 0.25) is 0 Å². The summed E-state index contributed by atoms with van der Waals surface area (Å²) >= 11 is 5.36.